The van der Waals surface area contributed by atoms with Crippen LogP contribution in [0.15, 0.2) is 36.7 Å². The molecule has 5 heteroatoms. The topological polar surface area (TPSA) is 66.5 Å². The fourth-order valence-corrected chi connectivity index (χ4v) is 2.88. The molecule has 0 aliphatic carbocycles. The van der Waals surface area contributed by atoms with Crippen molar-refractivity contribution in [1.29, 1.82) is 0 Å². The molecule has 2 N–H and O–H groups in total. The van der Waals surface area contributed by atoms with E-state index in [1.54, 1.807) is 6.20 Å². The van der Waals surface area contributed by atoms with Crippen molar-refractivity contribution in [2.75, 3.05) is 13.1 Å². The number of rotatable bonds is 2. The number of aromatic amines is 1. The van der Waals surface area contributed by atoms with Gasteiger partial charge in [0, 0.05) is 12.1 Å². The van der Waals surface area contributed by atoms with Crippen molar-refractivity contribution in [3.05, 3.63) is 42.5 Å². The van der Waals surface area contributed by atoms with Gasteiger partial charge in [0.1, 0.15) is 11.5 Å². The fourth-order valence-electron chi connectivity index (χ4n) is 2.88. The lowest BCUT2D eigenvalue weighted by Crippen LogP contribution is -2.27. The molecule has 0 bridgehead atoms. The van der Waals surface area contributed by atoms with E-state index in [9.17, 15) is 0 Å². The molecule has 0 saturated carbocycles. The largest absolute Gasteiger partial charge is 0.342 e. The van der Waals surface area contributed by atoms with Crippen molar-refractivity contribution in [2.45, 2.75) is 18.8 Å². The van der Waals surface area contributed by atoms with Crippen molar-refractivity contribution in [2.24, 2.45) is 0 Å². The Morgan fingerprint density at radius 3 is 2.71 bits per heavy atom. The standard InChI is InChI=1S/C16H17N5/c1-2-6-18-12(3-1)13-9-14-15(20-13)10-19-16(21-14)11-4-7-17-8-5-11/h1-3,6,9-11,17H,4-5,7-8H2,(H,19,21). The van der Waals surface area contributed by atoms with Gasteiger partial charge in [-0.3, -0.25) is 4.98 Å². The highest BCUT2D eigenvalue weighted by Crippen LogP contribution is 2.28. The van der Waals surface area contributed by atoms with E-state index in [1.165, 1.54) is 0 Å². The maximum absolute atomic E-state index is 4.60. The first kappa shape index (κ1) is 12.5. The molecule has 1 saturated heterocycles. The average molecular weight is 279 g/mol. The second-order valence-electron chi connectivity index (χ2n) is 5.45. The van der Waals surface area contributed by atoms with Crippen molar-refractivity contribution >= 4 is 0 Å². The van der Waals surface area contributed by atoms with E-state index in [1.807, 2.05) is 24.4 Å². The highest BCUT2D eigenvalue weighted by Gasteiger charge is 2.19. The number of hydrogen-bond donors (Lipinski definition) is 2. The smallest absolute Gasteiger partial charge is 0.109 e. The number of fused-ring (bicyclic) bond motifs is 1. The maximum atomic E-state index is 4.60. The first-order valence-corrected chi connectivity index (χ1v) is 7.38. The average Bonchev–Trinajstić information content (AvgIpc) is 2.99. The molecule has 1 aromatic rings. The van der Waals surface area contributed by atoms with Gasteiger partial charge >= 0.3 is 0 Å². The molecule has 0 amide bonds. The van der Waals surface area contributed by atoms with Gasteiger partial charge in [0.15, 0.2) is 0 Å². The Bertz CT molecular complexity index is 700. The molecule has 0 radical (unpaired) electrons. The van der Waals surface area contributed by atoms with E-state index in [0.717, 1.165) is 54.5 Å². The van der Waals surface area contributed by atoms with Gasteiger partial charge in [-0.05, 0) is 44.1 Å². The van der Waals surface area contributed by atoms with Gasteiger partial charge < -0.3 is 10.3 Å². The summed E-state index contributed by atoms with van der Waals surface area (Å²) < 4.78 is 0. The van der Waals surface area contributed by atoms with Crippen LogP contribution in [0.3, 0.4) is 0 Å². The molecule has 4 heterocycles. The molecule has 0 spiro atoms. The Kier molecular flexibility index (Phi) is 3.12. The van der Waals surface area contributed by atoms with Crippen molar-refractivity contribution < 1.29 is 0 Å². The number of nitrogens with one attached hydrogen (secondary N) is 2. The highest BCUT2D eigenvalue weighted by molar-refractivity contribution is 5.68. The monoisotopic (exact) mass is 279 g/mol. The van der Waals surface area contributed by atoms with Crippen molar-refractivity contribution in [3.8, 4) is 22.8 Å². The van der Waals surface area contributed by atoms with E-state index in [4.69, 9.17) is 0 Å². The van der Waals surface area contributed by atoms with Crippen LogP contribution in [-0.4, -0.2) is 33.0 Å². The lowest BCUT2D eigenvalue weighted by molar-refractivity contribution is 0.445. The molecule has 0 unspecified atom stereocenters. The number of pyridine rings is 1. The van der Waals surface area contributed by atoms with E-state index in [0.29, 0.717) is 5.92 Å². The van der Waals surface area contributed by atoms with Gasteiger partial charge in [0.25, 0.3) is 0 Å². The van der Waals surface area contributed by atoms with Crippen LogP contribution in [0.5, 0.6) is 0 Å². The van der Waals surface area contributed by atoms with E-state index < -0.39 is 0 Å². The summed E-state index contributed by atoms with van der Waals surface area (Å²) in [6, 6.07) is 7.92. The molecule has 5 nitrogen and oxygen atoms in total. The normalized spacial score (nSPS) is 16.4. The van der Waals surface area contributed by atoms with Crippen LogP contribution in [0.1, 0.15) is 24.6 Å². The van der Waals surface area contributed by atoms with Gasteiger partial charge in [-0.2, -0.15) is 0 Å². The van der Waals surface area contributed by atoms with Crippen LogP contribution in [0.4, 0.5) is 0 Å². The van der Waals surface area contributed by atoms with Crippen LogP contribution in [0, 0.1) is 0 Å². The summed E-state index contributed by atoms with van der Waals surface area (Å²) in [5, 5.41) is 3.38. The minimum Gasteiger partial charge on any atom is -0.342 e. The third-order valence-electron chi connectivity index (χ3n) is 4.04. The zero-order valence-electron chi connectivity index (χ0n) is 11.7. The third-order valence-corrected chi connectivity index (χ3v) is 4.04. The Labute approximate surface area is 123 Å². The molecule has 1 aromatic heterocycles. The molecule has 3 aliphatic heterocycles. The Morgan fingerprint density at radius 2 is 1.90 bits per heavy atom. The first-order valence-electron chi connectivity index (χ1n) is 7.38. The predicted molar refractivity (Wildman–Crippen MR) is 81.1 cm³/mol. The summed E-state index contributed by atoms with van der Waals surface area (Å²) in [5.74, 6) is 1.59. The van der Waals surface area contributed by atoms with Crippen LogP contribution >= 0.6 is 0 Å². The SMILES string of the molecule is c1ccc(-c2cc3[nH]c(C4CCNCC4)ncc-3n2)nc1. The van der Waals surface area contributed by atoms with Crippen LogP contribution in [0.25, 0.3) is 22.8 Å². The molecular weight excluding hydrogens is 262 g/mol. The Balaban J connectivity index is 1.70. The van der Waals surface area contributed by atoms with Crippen LogP contribution in [0.2, 0.25) is 0 Å². The zero-order chi connectivity index (χ0) is 14.1. The third kappa shape index (κ3) is 2.40. The molecule has 1 fully saturated rings. The fraction of sp³-hybridized carbons (Fsp3) is 0.312. The lowest BCUT2D eigenvalue weighted by Gasteiger charge is -2.22. The number of nitrogens with zero attached hydrogens (tertiary/aromatic N) is 3. The number of piperidine rings is 1. The van der Waals surface area contributed by atoms with Crippen LogP contribution < -0.4 is 5.32 Å². The Hall–Kier alpha value is -2.27. The second-order valence-corrected chi connectivity index (χ2v) is 5.45. The molecule has 0 aromatic carbocycles. The van der Waals surface area contributed by atoms with Crippen molar-refractivity contribution in [1.82, 2.24) is 25.3 Å². The minimum absolute atomic E-state index is 0.517. The number of hydrogen-bond acceptors (Lipinski definition) is 4. The summed E-state index contributed by atoms with van der Waals surface area (Å²) in [4.78, 5) is 17.0. The highest BCUT2D eigenvalue weighted by atomic mass is 15.0. The molecule has 21 heavy (non-hydrogen) atoms. The molecule has 0 atom stereocenters. The zero-order valence-corrected chi connectivity index (χ0v) is 11.7. The van der Waals surface area contributed by atoms with Gasteiger partial charge in [0.05, 0.1) is 23.3 Å². The van der Waals surface area contributed by atoms with Gasteiger partial charge in [0.2, 0.25) is 0 Å². The maximum Gasteiger partial charge on any atom is 0.109 e. The molecular formula is C16H17N5. The quantitative estimate of drug-likeness (QED) is 0.756. The predicted octanol–water partition coefficient (Wildman–Crippen LogP) is 2.44. The van der Waals surface area contributed by atoms with Gasteiger partial charge in [-0.25, -0.2) is 9.97 Å². The molecule has 4 rings (SSSR count). The molecule has 3 aliphatic rings. The lowest BCUT2D eigenvalue weighted by atomic mass is 9.97. The summed E-state index contributed by atoms with van der Waals surface area (Å²) in [6.07, 6.45) is 5.93. The summed E-state index contributed by atoms with van der Waals surface area (Å²) in [6.45, 7) is 2.13. The van der Waals surface area contributed by atoms with E-state index >= 15 is 0 Å². The number of H-pyrrole nitrogens is 1. The van der Waals surface area contributed by atoms with Gasteiger partial charge in [-0.1, -0.05) is 6.07 Å². The van der Waals surface area contributed by atoms with Gasteiger partial charge in [-0.15, -0.1) is 0 Å². The summed E-state index contributed by atoms with van der Waals surface area (Å²) >= 11 is 0. The van der Waals surface area contributed by atoms with Crippen molar-refractivity contribution in [3.63, 3.8) is 0 Å². The summed E-state index contributed by atoms with van der Waals surface area (Å²) in [7, 11) is 0. The second kappa shape index (κ2) is 5.26. The summed E-state index contributed by atoms with van der Waals surface area (Å²) in [5.41, 5.74) is 3.73. The van der Waals surface area contributed by atoms with Crippen LogP contribution in [-0.2, 0) is 0 Å². The first-order chi connectivity index (χ1) is 10.4. The van der Waals surface area contributed by atoms with E-state index in [-0.39, 0.29) is 0 Å². The number of aromatic nitrogens is 4. The minimum atomic E-state index is 0.517. The Morgan fingerprint density at radius 1 is 1.00 bits per heavy atom. The van der Waals surface area contributed by atoms with E-state index in [2.05, 4.69) is 31.3 Å². The molecule has 106 valence electrons.